The average molecular weight is 269 g/mol. The molecule has 0 bridgehead atoms. The smallest absolute Gasteiger partial charge is 0.123 e. The molecule has 1 atom stereocenters. The van der Waals surface area contributed by atoms with Crippen LogP contribution in [0.5, 0.6) is 0 Å². The van der Waals surface area contributed by atoms with Crippen molar-refractivity contribution in [3.63, 3.8) is 0 Å². The molecule has 3 rings (SSSR count). The Morgan fingerprint density at radius 1 is 1.00 bits per heavy atom. The summed E-state index contributed by atoms with van der Waals surface area (Å²) >= 11 is 0. The monoisotopic (exact) mass is 269 g/mol. The van der Waals surface area contributed by atoms with E-state index in [1.807, 2.05) is 6.07 Å². The van der Waals surface area contributed by atoms with E-state index in [1.165, 1.54) is 36.5 Å². The van der Waals surface area contributed by atoms with Crippen LogP contribution in [0, 0.1) is 5.82 Å². The number of hydrogen-bond donors (Lipinski definition) is 1. The van der Waals surface area contributed by atoms with Gasteiger partial charge in [-0.2, -0.15) is 0 Å². The number of fused-ring (bicyclic) bond motifs is 1. The van der Waals surface area contributed by atoms with Gasteiger partial charge in [-0.15, -0.1) is 0 Å². The molecule has 0 spiro atoms. The molecule has 1 unspecified atom stereocenters. The van der Waals surface area contributed by atoms with Crippen LogP contribution in [0.2, 0.25) is 0 Å². The molecule has 1 aliphatic rings. The maximum atomic E-state index is 13.2. The summed E-state index contributed by atoms with van der Waals surface area (Å²) in [7, 11) is 0. The molecule has 0 fully saturated rings. The zero-order valence-corrected chi connectivity index (χ0v) is 11.6. The van der Waals surface area contributed by atoms with E-state index in [0.717, 1.165) is 17.5 Å². The second-order valence-corrected chi connectivity index (χ2v) is 5.68. The highest BCUT2D eigenvalue weighted by molar-refractivity contribution is 5.35. The summed E-state index contributed by atoms with van der Waals surface area (Å²) in [6.45, 7) is 0. The van der Waals surface area contributed by atoms with Crippen LogP contribution in [0.4, 0.5) is 4.39 Å². The van der Waals surface area contributed by atoms with E-state index in [9.17, 15) is 4.39 Å². The number of halogens is 1. The van der Waals surface area contributed by atoms with Gasteiger partial charge < -0.3 is 5.73 Å². The van der Waals surface area contributed by atoms with Gasteiger partial charge >= 0.3 is 0 Å². The average Bonchev–Trinajstić information content (AvgIpc) is 2.47. The Morgan fingerprint density at radius 2 is 1.80 bits per heavy atom. The number of rotatable bonds is 3. The van der Waals surface area contributed by atoms with Crippen molar-refractivity contribution < 1.29 is 4.39 Å². The van der Waals surface area contributed by atoms with Crippen LogP contribution in [0.25, 0.3) is 0 Å². The Balaban J connectivity index is 1.78. The molecule has 2 aromatic carbocycles. The first kappa shape index (κ1) is 13.3. The maximum Gasteiger partial charge on any atom is 0.123 e. The van der Waals surface area contributed by atoms with E-state index in [1.54, 1.807) is 12.1 Å². The molecule has 0 heterocycles. The lowest BCUT2D eigenvalue weighted by Gasteiger charge is -2.19. The summed E-state index contributed by atoms with van der Waals surface area (Å²) in [4.78, 5) is 0. The van der Waals surface area contributed by atoms with Crippen LogP contribution in [0.3, 0.4) is 0 Å². The summed E-state index contributed by atoms with van der Waals surface area (Å²) in [6, 6.07) is 13.2. The van der Waals surface area contributed by atoms with Gasteiger partial charge in [0.1, 0.15) is 5.82 Å². The lowest BCUT2D eigenvalue weighted by Crippen LogP contribution is -2.15. The highest BCUT2D eigenvalue weighted by atomic mass is 19.1. The Kier molecular flexibility index (Phi) is 3.83. The molecule has 0 aliphatic heterocycles. The van der Waals surface area contributed by atoms with Gasteiger partial charge in [-0.1, -0.05) is 30.3 Å². The van der Waals surface area contributed by atoms with Gasteiger partial charge in [0.25, 0.3) is 0 Å². The number of hydrogen-bond acceptors (Lipinski definition) is 1. The maximum absolute atomic E-state index is 13.2. The standard InChI is InChI=1S/C18H20FN/c19-17-7-3-4-13(10-17)11-18(20)16-9-8-14-5-1-2-6-15(14)12-16/h3-4,7-10,12,18H,1-2,5-6,11,20H2. The molecule has 2 N–H and O–H groups in total. The van der Waals surface area contributed by atoms with Gasteiger partial charge in [0.2, 0.25) is 0 Å². The zero-order valence-electron chi connectivity index (χ0n) is 11.6. The molecule has 0 amide bonds. The van der Waals surface area contributed by atoms with Crippen molar-refractivity contribution in [3.8, 4) is 0 Å². The van der Waals surface area contributed by atoms with E-state index in [4.69, 9.17) is 5.73 Å². The lowest BCUT2D eigenvalue weighted by atomic mass is 9.88. The third kappa shape index (κ3) is 2.91. The van der Waals surface area contributed by atoms with Gasteiger partial charge in [0.15, 0.2) is 0 Å². The molecule has 0 aromatic heterocycles. The van der Waals surface area contributed by atoms with Gasteiger partial charge in [0, 0.05) is 6.04 Å². The van der Waals surface area contributed by atoms with Crippen molar-refractivity contribution in [2.45, 2.75) is 38.1 Å². The fourth-order valence-electron chi connectivity index (χ4n) is 3.02. The second kappa shape index (κ2) is 5.76. The quantitative estimate of drug-likeness (QED) is 0.897. The Hall–Kier alpha value is -1.67. The van der Waals surface area contributed by atoms with Crippen molar-refractivity contribution in [3.05, 3.63) is 70.5 Å². The topological polar surface area (TPSA) is 26.0 Å². The molecule has 0 saturated heterocycles. The first-order chi connectivity index (χ1) is 9.72. The van der Waals surface area contributed by atoms with E-state index >= 15 is 0 Å². The molecule has 0 radical (unpaired) electrons. The fraction of sp³-hybridized carbons (Fsp3) is 0.333. The van der Waals surface area contributed by atoms with Crippen molar-refractivity contribution in [1.29, 1.82) is 0 Å². The Bertz CT molecular complexity index is 606. The summed E-state index contributed by atoms with van der Waals surface area (Å²) in [5, 5.41) is 0. The minimum absolute atomic E-state index is 0.0657. The van der Waals surface area contributed by atoms with Crippen molar-refractivity contribution in [1.82, 2.24) is 0 Å². The summed E-state index contributed by atoms with van der Waals surface area (Å²) < 4.78 is 13.2. The zero-order chi connectivity index (χ0) is 13.9. The lowest BCUT2D eigenvalue weighted by molar-refractivity contribution is 0.621. The third-order valence-electron chi connectivity index (χ3n) is 4.15. The van der Waals surface area contributed by atoms with E-state index < -0.39 is 0 Å². The molecule has 1 nitrogen and oxygen atoms in total. The van der Waals surface area contributed by atoms with Crippen molar-refractivity contribution in [2.24, 2.45) is 5.73 Å². The van der Waals surface area contributed by atoms with Crippen LogP contribution in [0.15, 0.2) is 42.5 Å². The molecule has 2 heteroatoms. The molecular formula is C18H20FN. The van der Waals surface area contributed by atoms with Crippen molar-refractivity contribution >= 4 is 0 Å². The molecule has 104 valence electrons. The van der Waals surface area contributed by atoms with Gasteiger partial charge in [-0.3, -0.25) is 0 Å². The van der Waals surface area contributed by atoms with Crippen LogP contribution in [0.1, 0.15) is 41.1 Å². The highest BCUT2D eigenvalue weighted by Gasteiger charge is 2.13. The second-order valence-electron chi connectivity index (χ2n) is 5.68. The molecule has 20 heavy (non-hydrogen) atoms. The van der Waals surface area contributed by atoms with Crippen molar-refractivity contribution in [2.75, 3.05) is 0 Å². The first-order valence-electron chi connectivity index (χ1n) is 7.34. The van der Waals surface area contributed by atoms with Crippen LogP contribution in [-0.2, 0) is 19.3 Å². The number of benzene rings is 2. The minimum Gasteiger partial charge on any atom is -0.324 e. The molecule has 2 aromatic rings. The summed E-state index contributed by atoms with van der Waals surface area (Å²) in [5.41, 5.74) is 11.3. The van der Waals surface area contributed by atoms with Gasteiger partial charge in [-0.05, 0) is 66.5 Å². The largest absolute Gasteiger partial charge is 0.324 e. The van der Waals surface area contributed by atoms with E-state index in [-0.39, 0.29) is 11.9 Å². The summed E-state index contributed by atoms with van der Waals surface area (Å²) in [6.07, 6.45) is 5.60. The normalized spacial score (nSPS) is 15.7. The third-order valence-corrected chi connectivity index (χ3v) is 4.15. The van der Waals surface area contributed by atoms with Crippen LogP contribution in [-0.4, -0.2) is 0 Å². The molecular weight excluding hydrogens is 249 g/mol. The van der Waals surface area contributed by atoms with Gasteiger partial charge in [-0.25, -0.2) is 4.39 Å². The van der Waals surface area contributed by atoms with Crippen LogP contribution >= 0.6 is 0 Å². The summed E-state index contributed by atoms with van der Waals surface area (Å²) in [5.74, 6) is -0.194. The highest BCUT2D eigenvalue weighted by Crippen LogP contribution is 2.25. The van der Waals surface area contributed by atoms with E-state index in [0.29, 0.717) is 6.42 Å². The minimum atomic E-state index is -0.194. The Morgan fingerprint density at radius 3 is 2.60 bits per heavy atom. The van der Waals surface area contributed by atoms with E-state index in [2.05, 4.69) is 18.2 Å². The predicted molar refractivity (Wildman–Crippen MR) is 80.1 cm³/mol. The van der Waals surface area contributed by atoms with Gasteiger partial charge in [0.05, 0.1) is 0 Å². The number of nitrogens with two attached hydrogens (primary N) is 1. The fourth-order valence-corrected chi connectivity index (χ4v) is 3.02. The van der Waals surface area contributed by atoms with Crippen LogP contribution < -0.4 is 5.73 Å². The number of aryl methyl sites for hydroxylation is 2. The molecule has 0 saturated carbocycles. The molecule has 1 aliphatic carbocycles. The SMILES string of the molecule is NC(Cc1cccc(F)c1)c1ccc2c(c1)CCCC2. The Labute approximate surface area is 119 Å². The predicted octanol–water partition coefficient (Wildman–Crippen LogP) is 3.95. The first-order valence-corrected chi connectivity index (χ1v) is 7.34.